The summed E-state index contributed by atoms with van der Waals surface area (Å²) in [6.45, 7) is 0.836. The van der Waals surface area contributed by atoms with Crippen molar-refractivity contribution in [2.24, 2.45) is 0 Å². The van der Waals surface area contributed by atoms with Gasteiger partial charge in [0.2, 0.25) is 5.91 Å². The molecule has 1 aliphatic heterocycles. The molecular formula is C28H26F2N2O3. The summed E-state index contributed by atoms with van der Waals surface area (Å²) in [7, 11) is 0. The summed E-state index contributed by atoms with van der Waals surface area (Å²) in [4.78, 5) is 27.1. The highest BCUT2D eigenvalue weighted by Gasteiger charge is 2.40. The van der Waals surface area contributed by atoms with E-state index in [2.05, 4.69) is 5.32 Å². The number of likely N-dealkylation sites (tertiary alicyclic amines) is 1. The predicted octanol–water partition coefficient (Wildman–Crippen LogP) is 5.42. The van der Waals surface area contributed by atoms with Gasteiger partial charge in [0.05, 0.1) is 0 Å². The van der Waals surface area contributed by atoms with Crippen molar-refractivity contribution < 1.29 is 23.1 Å². The maximum absolute atomic E-state index is 13.5. The molecule has 0 aliphatic carbocycles. The van der Waals surface area contributed by atoms with Crippen LogP contribution in [0.25, 0.3) is 6.08 Å². The number of alkyl carbamates (subject to hydrolysis) is 1. The number of nitrogens with one attached hydrogen (secondary N) is 1. The van der Waals surface area contributed by atoms with Crippen molar-refractivity contribution in [1.29, 1.82) is 0 Å². The maximum Gasteiger partial charge on any atom is 0.408 e. The molecule has 0 spiro atoms. The number of carbonyl (C=O) groups is 2. The molecule has 4 rings (SSSR count). The third-order valence-corrected chi connectivity index (χ3v) is 6.11. The Kier molecular flexibility index (Phi) is 7.55. The Balaban J connectivity index is 1.41. The van der Waals surface area contributed by atoms with Crippen LogP contribution < -0.4 is 5.32 Å². The zero-order valence-corrected chi connectivity index (χ0v) is 19.1. The summed E-state index contributed by atoms with van der Waals surface area (Å²) >= 11 is 0. The third kappa shape index (κ3) is 6.12. The van der Waals surface area contributed by atoms with Crippen LogP contribution in [0, 0.1) is 11.6 Å². The number of rotatable bonds is 6. The van der Waals surface area contributed by atoms with Crippen LogP contribution in [0.2, 0.25) is 0 Å². The van der Waals surface area contributed by atoms with E-state index in [4.69, 9.17) is 4.74 Å². The molecule has 0 saturated carbocycles. The van der Waals surface area contributed by atoms with Gasteiger partial charge >= 0.3 is 6.09 Å². The Labute approximate surface area is 203 Å². The smallest absolute Gasteiger partial charge is 0.408 e. The van der Waals surface area contributed by atoms with E-state index < -0.39 is 23.3 Å². The van der Waals surface area contributed by atoms with Crippen LogP contribution in [0.1, 0.15) is 29.5 Å². The number of halogens is 2. The zero-order chi connectivity index (χ0) is 24.7. The number of carbonyl (C=O) groups excluding carboxylic acids is 2. The topological polar surface area (TPSA) is 58.6 Å². The second kappa shape index (κ2) is 11.0. The first kappa shape index (κ1) is 24.1. The zero-order valence-electron chi connectivity index (χ0n) is 19.1. The molecule has 0 bridgehead atoms. The Hall–Kier alpha value is -4.00. The first-order valence-corrected chi connectivity index (χ1v) is 11.4. The van der Waals surface area contributed by atoms with Crippen LogP contribution in [0.3, 0.4) is 0 Å². The van der Waals surface area contributed by atoms with E-state index in [0.29, 0.717) is 31.5 Å². The molecule has 1 aliphatic rings. The standard InChI is InChI=1S/C28H26F2N2O3/c29-24-13-11-22(19-25(24)30)20-31-27(34)35-28(23-9-5-2-6-10-23)15-17-32(18-16-28)26(33)14-12-21-7-3-1-4-8-21/h1-14,19H,15-18,20H2,(H,31,34). The van der Waals surface area contributed by atoms with Gasteiger partial charge in [-0.3, -0.25) is 4.79 Å². The molecule has 1 saturated heterocycles. The van der Waals surface area contributed by atoms with E-state index in [-0.39, 0.29) is 12.5 Å². The number of hydrogen-bond donors (Lipinski definition) is 1. The average molecular weight is 477 g/mol. The van der Waals surface area contributed by atoms with Gasteiger partial charge in [0, 0.05) is 38.6 Å². The molecule has 0 aromatic heterocycles. The second-order valence-corrected chi connectivity index (χ2v) is 8.42. The van der Waals surface area contributed by atoms with Crippen molar-refractivity contribution in [2.45, 2.75) is 25.0 Å². The van der Waals surface area contributed by atoms with Crippen molar-refractivity contribution in [3.63, 3.8) is 0 Å². The number of hydrogen-bond acceptors (Lipinski definition) is 3. The van der Waals surface area contributed by atoms with Gasteiger partial charge in [0.25, 0.3) is 0 Å². The van der Waals surface area contributed by atoms with E-state index in [1.807, 2.05) is 60.7 Å². The van der Waals surface area contributed by atoms with E-state index in [1.165, 1.54) is 6.07 Å². The molecule has 0 radical (unpaired) electrons. The van der Waals surface area contributed by atoms with Crippen LogP contribution >= 0.6 is 0 Å². The SMILES string of the molecule is O=C(NCc1ccc(F)c(F)c1)OC1(c2ccccc2)CCN(C(=O)C=Cc2ccccc2)CC1. The summed E-state index contributed by atoms with van der Waals surface area (Å²) in [5, 5.41) is 2.62. The number of ether oxygens (including phenoxy) is 1. The minimum Gasteiger partial charge on any atom is -0.438 e. The number of nitrogens with zero attached hydrogens (tertiary/aromatic N) is 1. The number of piperidine rings is 1. The van der Waals surface area contributed by atoms with Gasteiger partial charge in [-0.15, -0.1) is 0 Å². The molecule has 2 amide bonds. The minimum absolute atomic E-state index is 0.00417. The third-order valence-electron chi connectivity index (χ3n) is 6.11. The van der Waals surface area contributed by atoms with Gasteiger partial charge in [-0.05, 0) is 34.9 Å². The number of amides is 2. The lowest BCUT2D eigenvalue weighted by atomic mass is 9.84. The normalized spacial score (nSPS) is 15.1. The monoisotopic (exact) mass is 476 g/mol. The number of benzene rings is 3. The van der Waals surface area contributed by atoms with Crippen LogP contribution in [0.15, 0.2) is 84.9 Å². The Morgan fingerprint density at radius 2 is 1.57 bits per heavy atom. The van der Waals surface area contributed by atoms with Gasteiger partial charge < -0.3 is 15.0 Å². The molecule has 7 heteroatoms. The fraction of sp³-hybridized carbons (Fsp3) is 0.214. The minimum atomic E-state index is -0.975. The Morgan fingerprint density at radius 1 is 0.914 bits per heavy atom. The van der Waals surface area contributed by atoms with Gasteiger partial charge in [-0.1, -0.05) is 66.7 Å². The van der Waals surface area contributed by atoms with Crippen molar-refractivity contribution in [2.75, 3.05) is 13.1 Å². The molecule has 180 valence electrons. The first-order valence-electron chi connectivity index (χ1n) is 11.4. The summed E-state index contributed by atoms with van der Waals surface area (Å²) in [5.41, 5.74) is 1.30. The molecule has 1 N–H and O–H groups in total. The van der Waals surface area contributed by atoms with E-state index in [0.717, 1.165) is 23.3 Å². The molecule has 35 heavy (non-hydrogen) atoms. The lowest BCUT2D eigenvalue weighted by molar-refractivity contribution is -0.130. The molecular weight excluding hydrogens is 450 g/mol. The summed E-state index contributed by atoms with van der Waals surface area (Å²) in [6.07, 6.45) is 3.53. The lowest BCUT2D eigenvalue weighted by Gasteiger charge is -2.41. The van der Waals surface area contributed by atoms with Crippen molar-refractivity contribution in [3.05, 3.63) is 113 Å². The van der Waals surface area contributed by atoms with Gasteiger partial charge in [-0.25, -0.2) is 13.6 Å². The van der Waals surface area contributed by atoms with Gasteiger partial charge in [0.15, 0.2) is 11.6 Å². The van der Waals surface area contributed by atoms with Crippen LogP contribution in [-0.4, -0.2) is 30.0 Å². The van der Waals surface area contributed by atoms with E-state index >= 15 is 0 Å². The highest BCUT2D eigenvalue weighted by molar-refractivity contribution is 5.91. The molecule has 0 unspecified atom stereocenters. The van der Waals surface area contributed by atoms with Gasteiger partial charge in [-0.2, -0.15) is 0 Å². The Bertz CT molecular complexity index is 1190. The summed E-state index contributed by atoms with van der Waals surface area (Å²) in [5.74, 6) is -2.02. The van der Waals surface area contributed by atoms with E-state index in [9.17, 15) is 18.4 Å². The van der Waals surface area contributed by atoms with Crippen molar-refractivity contribution in [3.8, 4) is 0 Å². The second-order valence-electron chi connectivity index (χ2n) is 8.42. The van der Waals surface area contributed by atoms with Crippen molar-refractivity contribution >= 4 is 18.1 Å². The predicted molar refractivity (Wildman–Crippen MR) is 129 cm³/mol. The highest BCUT2D eigenvalue weighted by atomic mass is 19.2. The average Bonchev–Trinajstić information content (AvgIpc) is 2.89. The lowest BCUT2D eigenvalue weighted by Crippen LogP contribution is -2.48. The van der Waals surface area contributed by atoms with Crippen LogP contribution in [0.4, 0.5) is 13.6 Å². The molecule has 0 atom stereocenters. The quantitative estimate of drug-likeness (QED) is 0.483. The molecule has 5 nitrogen and oxygen atoms in total. The molecule has 3 aromatic carbocycles. The summed E-state index contributed by atoms with van der Waals surface area (Å²) in [6, 6.07) is 22.5. The highest BCUT2D eigenvalue weighted by Crippen LogP contribution is 2.37. The first-order chi connectivity index (χ1) is 16.9. The molecule has 3 aromatic rings. The van der Waals surface area contributed by atoms with Crippen molar-refractivity contribution in [1.82, 2.24) is 10.2 Å². The van der Waals surface area contributed by atoms with Gasteiger partial charge in [0.1, 0.15) is 5.60 Å². The molecule has 1 fully saturated rings. The van der Waals surface area contributed by atoms with Crippen LogP contribution in [0.5, 0.6) is 0 Å². The van der Waals surface area contributed by atoms with E-state index in [1.54, 1.807) is 17.1 Å². The fourth-order valence-electron chi connectivity index (χ4n) is 4.15. The largest absolute Gasteiger partial charge is 0.438 e. The Morgan fingerprint density at radius 3 is 2.23 bits per heavy atom. The fourth-order valence-corrected chi connectivity index (χ4v) is 4.15. The summed E-state index contributed by atoms with van der Waals surface area (Å²) < 4.78 is 32.5. The van der Waals surface area contributed by atoms with Crippen LogP contribution in [-0.2, 0) is 21.7 Å². The molecule has 1 heterocycles. The maximum atomic E-state index is 13.5.